The van der Waals surface area contributed by atoms with E-state index >= 15 is 0 Å². The van der Waals surface area contributed by atoms with E-state index in [9.17, 15) is 0 Å². The molecule has 0 saturated heterocycles. The fraction of sp³-hybridized carbons (Fsp3) is 1.00. The van der Waals surface area contributed by atoms with Gasteiger partial charge >= 0.3 is 0 Å². The molecule has 0 aromatic rings. The maximum atomic E-state index is 8.97. The van der Waals surface area contributed by atoms with E-state index in [2.05, 4.69) is 13.8 Å². The number of hydrogen-bond donors (Lipinski definition) is 1. The van der Waals surface area contributed by atoms with E-state index in [-0.39, 0.29) is 6.10 Å². The molecular formula is C14H30O2. The molecule has 0 radical (unpaired) electrons. The standard InChI is InChI=1S/C14H30O2/c1-13(2)10-8-6-4-5-7-9-11-16-12-14(3)15/h13-15H,4-12H2,1-3H3. The maximum Gasteiger partial charge on any atom is 0.0745 e. The van der Waals surface area contributed by atoms with E-state index in [1.54, 1.807) is 6.92 Å². The Labute approximate surface area is 101 Å². The van der Waals surface area contributed by atoms with E-state index < -0.39 is 0 Å². The van der Waals surface area contributed by atoms with Crippen LogP contribution in [0.25, 0.3) is 0 Å². The highest BCUT2D eigenvalue weighted by Crippen LogP contribution is 2.11. The van der Waals surface area contributed by atoms with Crippen LogP contribution in [0.3, 0.4) is 0 Å². The van der Waals surface area contributed by atoms with Crippen molar-refractivity contribution >= 4 is 0 Å². The smallest absolute Gasteiger partial charge is 0.0745 e. The van der Waals surface area contributed by atoms with Gasteiger partial charge in [-0.1, -0.05) is 52.4 Å². The van der Waals surface area contributed by atoms with Crippen molar-refractivity contribution in [1.29, 1.82) is 0 Å². The summed E-state index contributed by atoms with van der Waals surface area (Å²) < 4.78 is 5.30. The number of unbranched alkanes of at least 4 members (excludes halogenated alkanes) is 5. The quantitative estimate of drug-likeness (QED) is 0.547. The van der Waals surface area contributed by atoms with Gasteiger partial charge in [-0.3, -0.25) is 0 Å². The summed E-state index contributed by atoms with van der Waals surface area (Å²) in [6.07, 6.45) is 8.91. The van der Waals surface area contributed by atoms with Crippen LogP contribution >= 0.6 is 0 Å². The molecule has 0 aromatic heterocycles. The van der Waals surface area contributed by atoms with Gasteiger partial charge in [-0.2, -0.15) is 0 Å². The molecule has 98 valence electrons. The van der Waals surface area contributed by atoms with Crippen LogP contribution in [0.5, 0.6) is 0 Å². The van der Waals surface area contributed by atoms with Gasteiger partial charge in [-0.15, -0.1) is 0 Å². The van der Waals surface area contributed by atoms with Gasteiger partial charge in [-0.25, -0.2) is 0 Å². The van der Waals surface area contributed by atoms with Gasteiger partial charge in [0.1, 0.15) is 0 Å². The summed E-state index contributed by atoms with van der Waals surface area (Å²) in [7, 11) is 0. The molecule has 0 spiro atoms. The second-order valence-electron chi connectivity index (χ2n) is 5.23. The van der Waals surface area contributed by atoms with Crippen molar-refractivity contribution in [2.45, 2.75) is 71.8 Å². The Hall–Kier alpha value is -0.0800. The summed E-state index contributed by atoms with van der Waals surface area (Å²) in [4.78, 5) is 0. The predicted molar refractivity (Wildman–Crippen MR) is 69.7 cm³/mol. The van der Waals surface area contributed by atoms with Crippen molar-refractivity contribution in [3.8, 4) is 0 Å². The normalized spacial score (nSPS) is 13.3. The van der Waals surface area contributed by atoms with Crippen molar-refractivity contribution in [1.82, 2.24) is 0 Å². The first kappa shape index (κ1) is 15.9. The summed E-state index contributed by atoms with van der Waals surface area (Å²) >= 11 is 0. The molecule has 2 nitrogen and oxygen atoms in total. The molecule has 0 aromatic carbocycles. The third-order valence-electron chi connectivity index (χ3n) is 2.68. The summed E-state index contributed by atoms with van der Waals surface area (Å²) in [5.74, 6) is 0.855. The molecule has 0 aliphatic heterocycles. The Morgan fingerprint density at radius 3 is 2.00 bits per heavy atom. The minimum Gasteiger partial charge on any atom is -0.391 e. The molecule has 0 aliphatic rings. The minimum atomic E-state index is -0.323. The topological polar surface area (TPSA) is 29.5 Å². The molecule has 2 heteroatoms. The molecule has 0 rings (SSSR count). The first-order chi connectivity index (χ1) is 7.63. The Balaban J connectivity index is 2.93. The molecule has 0 heterocycles. The van der Waals surface area contributed by atoms with Crippen molar-refractivity contribution in [2.75, 3.05) is 13.2 Å². The molecule has 0 saturated carbocycles. The van der Waals surface area contributed by atoms with Crippen LogP contribution in [0, 0.1) is 5.92 Å². The maximum absolute atomic E-state index is 8.97. The van der Waals surface area contributed by atoms with E-state index in [0.717, 1.165) is 18.9 Å². The van der Waals surface area contributed by atoms with Crippen molar-refractivity contribution in [3.63, 3.8) is 0 Å². The van der Waals surface area contributed by atoms with Crippen LogP contribution in [0.15, 0.2) is 0 Å². The lowest BCUT2D eigenvalue weighted by atomic mass is 10.0. The summed E-state index contributed by atoms with van der Waals surface area (Å²) in [6, 6.07) is 0. The van der Waals surface area contributed by atoms with Crippen LogP contribution in [-0.2, 0) is 4.74 Å². The second kappa shape index (κ2) is 11.4. The average Bonchev–Trinajstić information content (AvgIpc) is 2.20. The van der Waals surface area contributed by atoms with Crippen LogP contribution in [0.2, 0.25) is 0 Å². The Kier molecular flexibility index (Phi) is 11.3. The zero-order chi connectivity index (χ0) is 12.2. The largest absolute Gasteiger partial charge is 0.391 e. The third-order valence-corrected chi connectivity index (χ3v) is 2.68. The van der Waals surface area contributed by atoms with Gasteiger partial charge in [0.2, 0.25) is 0 Å². The van der Waals surface area contributed by atoms with Gasteiger partial charge in [-0.05, 0) is 19.3 Å². The monoisotopic (exact) mass is 230 g/mol. The molecule has 1 N–H and O–H groups in total. The number of aliphatic hydroxyl groups excluding tert-OH is 1. The SMILES string of the molecule is CC(C)CCCCCCCCOCC(C)O. The summed E-state index contributed by atoms with van der Waals surface area (Å²) in [6.45, 7) is 7.62. The van der Waals surface area contributed by atoms with Gasteiger partial charge in [0, 0.05) is 6.61 Å². The van der Waals surface area contributed by atoms with Crippen molar-refractivity contribution < 1.29 is 9.84 Å². The van der Waals surface area contributed by atoms with Crippen LogP contribution in [0.1, 0.15) is 65.7 Å². The number of rotatable bonds is 11. The zero-order valence-electron chi connectivity index (χ0n) is 11.4. The molecule has 1 unspecified atom stereocenters. The Bertz CT molecular complexity index is 117. The lowest BCUT2D eigenvalue weighted by molar-refractivity contribution is 0.0445. The zero-order valence-corrected chi connectivity index (χ0v) is 11.4. The molecule has 0 fully saturated rings. The fourth-order valence-corrected chi connectivity index (χ4v) is 1.72. The van der Waals surface area contributed by atoms with Crippen molar-refractivity contribution in [2.24, 2.45) is 5.92 Å². The van der Waals surface area contributed by atoms with E-state index in [0.29, 0.717) is 6.61 Å². The summed E-state index contributed by atoms with van der Waals surface area (Å²) in [5.41, 5.74) is 0. The van der Waals surface area contributed by atoms with E-state index in [1.165, 1.54) is 38.5 Å². The highest BCUT2D eigenvalue weighted by molar-refractivity contribution is 4.49. The number of aliphatic hydroxyl groups is 1. The van der Waals surface area contributed by atoms with Gasteiger partial charge in [0.15, 0.2) is 0 Å². The second-order valence-corrected chi connectivity index (χ2v) is 5.23. The minimum absolute atomic E-state index is 0.323. The Morgan fingerprint density at radius 1 is 0.875 bits per heavy atom. The third kappa shape index (κ3) is 13.9. The highest BCUT2D eigenvalue weighted by atomic mass is 16.5. The van der Waals surface area contributed by atoms with Crippen LogP contribution < -0.4 is 0 Å². The van der Waals surface area contributed by atoms with Gasteiger partial charge in [0.25, 0.3) is 0 Å². The average molecular weight is 230 g/mol. The van der Waals surface area contributed by atoms with Crippen LogP contribution in [-0.4, -0.2) is 24.4 Å². The lowest BCUT2D eigenvalue weighted by Gasteiger charge is -2.06. The molecule has 0 bridgehead atoms. The lowest BCUT2D eigenvalue weighted by Crippen LogP contribution is -2.10. The van der Waals surface area contributed by atoms with E-state index in [1.807, 2.05) is 0 Å². The first-order valence-corrected chi connectivity index (χ1v) is 6.88. The first-order valence-electron chi connectivity index (χ1n) is 6.88. The molecule has 1 atom stereocenters. The predicted octanol–water partition coefficient (Wildman–Crippen LogP) is 3.77. The van der Waals surface area contributed by atoms with Gasteiger partial charge in [0.05, 0.1) is 12.7 Å². The van der Waals surface area contributed by atoms with Crippen LogP contribution in [0.4, 0.5) is 0 Å². The molecular weight excluding hydrogens is 200 g/mol. The summed E-state index contributed by atoms with van der Waals surface area (Å²) in [5, 5.41) is 8.97. The van der Waals surface area contributed by atoms with Gasteiger partial charge < -0.3 is 9.84 Å². The highest BCUT2D eigenvalue weighted by Gasteiger charge is 1.96. The van der Waals surface area contributed by atoms with Crippen molar-refractivity contribution in [3.05, 3.63) is 0 Å². The molecule has 0 aliphatic carbocycles. The Morgan fingerprint density at radius 2 is 1.44 bits per heavy atom. The molecule has 16 heavy (non-hydrogen) atoms. The molecule has 0 amide bonds. The fourth-order valence-electron chi connectivity index (χ4n) is 1.72. The number of hydrogen-bond acceptors (Lipinski definition) is 2. The number of ether oxygens (including phenoxy) is 1. The van der Waals surface area contributed by atoms with E-state index in [4.69, 9.17) is 9.84 Å².